The van der Waals surface area contributed by atoms with Crippen molar-refractivity contribution < 1.29 is 13.2 Å². The minimum Gasteiger partial charge on any atom is -0.371 e. The lowest BCUT2D eigenvalue weighted by Crippen LogP contribution is -2.36. The SMILES string of the molecule is C/C=C(\C=C(\c1ccc2c(c1)N(CCCC)CC(CCCC)C2)C(C)C)c1cccc(C(F)(F)F)c1. The third-order valence-corrected chi connectivity index (χ3v) is 7.26. The predicted octanol–water partition coefficient (Wildman–Crippen LogP) is 9.82. The van der Waals surface area contributed by atoms with Crippen LogP contribution >= 0.6 is 0 Å². The third kappa shape index (κ3) is 7.05. The van der Waals surface area contributed by atoms with Gasteiger partial charge in [0.25, 0.3) is 0 Å². The predicted molar refractivity (Wildman–Crippen MR) is 148 cm³/mol. The first kappa shape index (κ1) is 28.1. The summed E-state index contributed by atoms with van der Waals surface area (Å²) >= 11 is 0. The molecule has 1 atom stereocenters. The number of fused-ring (bicyclic) bond motifs is 1. The molecule has 0 aliphatic carbocycles. The quantitative estimate of drug-likeness (QED) is 0.295. The summed E-state index contributed by atoms with van der Waals surface area (Å²) in [7, 11) is 0. The zero-order valence-corrected chi connectivity index (χ0v) is 22.6. The molecule has 196 valence electrons. The van der Waals surface area contributed by atoms with Crippen LogP contribution in [0.2, 0.25) is 0 Å². The highest BCUT2D eigenvalue weighted by Gasteiger charge is 2.30. The second-order valence-corrected chi connectivity index (χ2v) is 10.4. The van der Waals surface area contributed by atoms with Crippen molar-refractivity contribution in [3.63, 3.8) is 0 Å². The first-order chi connectivity index (χ1) is 17.2. The highest BCUT2D eigenvalue weighted by atomic mass is 19.4. The normalized spacial score (nSPS) is 17.0. The van der Waals surface area contributed by atoms with Crippen LogP contribution in [-0.2, 0) is 12.6 Å². The number of unbranched alkanes of at least 4 members (excludes halogenated alkanes) is 2. The molecule has 0 N–H and O–H groups in total. The molecule has 0 radical (unpaired) electrons. The molecular formula is C32H42F3N. The maximum Gasteiger partial charge on any atom is 0.416 e. The molecule has 1 aliphatic rings. The van der Waals surface area contributed by atoms with Crippen molar-refractivity contribution in [1.29, 1.82) is 0 Å². The molecule has 0 amide bonds. The van der Waals surface area contributed by atoms with Crippen molar-refractivity contribution in [3.05, 3.63) is 76.9 Å². The highest BCUT2D eigenvalue weighted by molar-refractivity contribution is 5.85. The number of hydrogen-bond donors (Lipinski definition) is 0. The number of nitrogens with zero attached hydrogens (tertiary/aromatic N) is 1. The lowest BCUT2D eigenvalue weighted by Gasteiger charge is -2.37. The molecule has 1 nitrogen and oxygen atoms in total. The summed E-state index contributed by atoms with van der Waals surface area (Å²) in [4.78, 5) is 2.58. The van der Waals surface area contributed by atoms with E-state index in [1.807, 2.05) is 13.0 Å². The Balaban J connectivity index is 1.99. The van der Waals surface area contributed by atoms with Crippen molar-refractivity contribution >= 4 is 16.8 Å². The van der Waals surface area contributed by atoms with Gasteiger partial charge in [0.1, 0.15) is 0 Å². The summed E-state index contributed by atoms with van der Waals surface area (Å²) in [5.74, 6) is 0.935. The summed E-state index contributed by atoms with van der Waals surface area (Å²) in [6.45, 7) is 12.9. The summed E-state index contributed by atoms with van der Waals surface area (Å²) < 4.78 is 40.0. The number of halogens is 3. The average Bonchev–Trinajstić information content (AvgIpc) is 2.85. The molecule has 36 heavy (non-hydrogen) atoms. The maximum atomic E-state index is 13.3. The van der Waals surface area contributed by atoms with E-state index in [9.17, 15) is 13.2 Å². The first-order valence-electron chi connectivity index (χ1n) is 13.6. The van der Waals surface area contributed by atoms with E-state index in [0.29, 0.717) is 11.5 Å². The van der Waals surface area contributed by atoms with E-state index in [2.05, 4.69) is 56.9 Å². The average molecular weight is 498 g/mol. The molecule has 0 bridgehead atoms. The number of allylic oxidation sites excluding steroid dienone is 4. The van der Waals surface area contributed by atoms with Gasteiger partial charge in [0.05, 0.1) is 5.56 Å². The lowest BCUT2D eigenvalue weighted by molar-refractivity contribution is -0.137. The molecule has 0 spiro atoms. The van der Waals surface area contributed by atoms with Crippen LogP contribution in [0, 0.1) is 11.8 Å². The fourth-order valence-corrected chi connectivity index (χ4v) is 5.20. The van der Waals surface area contributed by atoms with E-state index >= 15 is 0 Å². The number of rotatable bonds is 10. The van der Waals surface area contributed by atoms with Gasteiger partial charge in [0.15, 0.2) is 0 Å². The lowest BCUT2D eigenvalue weighted by atomic mass is 9.85. The van der Waals surface area contributed by atoms with Gasteiger partial charge in [-0.2, -0.15) is 13.2 Å². The Kier molecular flexibility index (Phi) is 9.87. The van der Waals surface area contributed by atoms with Gasteiger partial charge in [0, 0.05) is 18.8 Å². The van der Waals surface area contributed by atoms with Crippen LogP contribution < -0.4 is 4.90 Å². The summed E-state index contributed by atoms with van der Waals surface area (Å²) in [5.41, 5.74) is 5.85. The molecule has 1 aliphatic heterocycles. The van der Waals surface area contributed by atoms with Crippen LogP contribution in [0.25, 0.3) is 11.1 Å². The van der Waals surface area contributed by atoms with Gasteiger partial charge in [0.2, 0.25) is 0 Å². The summed E-state index contributed by atoms with van der Waals surface area (Å²) in [5, 5.41) is 0. The van der Waals surface area contributed by atoms with Gasteiger partial charge < -0.3 is 4.90 Å². The monoisotopic (exact) mass is 497 g/mol. The van der Waals surface area contributed by atoms with E-state index in [1.165, 1.54) is 55.5 Å². The van der Waals surface area contributed by atoms with E-state index < -0.39 is 11.7 Å². The fourth-order valence-electron chi connectivity index (χ4n) is 5.20. The molecule has 1 heterocycles. The summed E-state index contributed by atoms with van der Waals surface area (Å²) in [6, 6.07) is 12.5. The first-order valence-corrected chi connectivity index (χ1v) is 13.6. The minimum atomic E-state index is -4.35. The molecule has 0 fully saturated rings. The smallest absolute Gasteiger partial charge is 0.371 e. The zero-order chi connectivity index (χ0) is 26.3. The van der Waals surface area contributed by atoms with Gasteiger partial charge in [-0.3, -0.25) is 0 Å². The van der Waals surface area contributed by atoms with Crippen molar-refractivity contribution in [2.75, 3.05) is 18.0 Å². The van der Waals surface area contributed by atoms with Crippen molar-refractivity contribution in [1.82, 2.24) is 0 Å². The van der Waals surface area contributed by atoms with Gasteiger partial charge in [-0.1, -0.05) is 83.4 Å². The number of anilines is 1. The van der Waals surface area contributed by atoms with Crippen LogP contribution in [0.15, 0.2) is 54.6 Å². The summed E-state index contributed by atoms with van der Waals surface area (Å²) in [6.07, 6.45) is 6.89. The van der Waals surface area contributed by atoms with Crippen LogP contribution in [-0.4, -0.2) is 13.1 Å². The number of alkyl halides is 3. The van der Waals surface area contributed by atoms with Gasteiger partial charge in [-0.25, -0.2) is 0 Å². The van der Waals surface area contributed by atoms with E-state index in [4.69, 9.17) is 0 Å². The molecule has 3 rings (SSSR count). The number of hydrogen-bond acceptors (Lipinski definition) is 1. The molecule has 2 aromatic rings. The van der Waals surface area contributed by atoms with E-state index in [0.717, 1.165) is 42.3 Å². The molecule has 2 aromatic carbocycles. The van der Waals surface area contributed by atoms with Crippen molar-refractivity contribution in [3.8, 4) is 0 Å². The van der Waals surface area contributed by atoms with Crippen LogP contribution in [0.5, 0.6) is 0 Å². The van der Waals surface area contributed by atoms with Crippen LogP contribution in [0.1, 0.15) is 89.0 Å². The van der Waals surface area contributed by atoms with Gasteiger partial charge >= 0.3 is 6.18 Å². The van der Waals surface area contributed by atoms with Crippen molar-refractivity contribution in [2.45, 2.75) is 79.3 Å². The second kappa shape index (κ2) is 12.7. The Labute approximate surface area is 216 Å². The largest absolute Gasteiger partial charge is 0.416 e. The van der Waals surface area contributed by atoms with Crippen LogP contribution in [0.3, 0.4) is 0 Å². The molecular weight excluding hydrogens is 455 g/mol. The molecule has 0 aromatic heterocycles. The van der Waals surface area contributed by atoms with Crippen molar-refractivity contribution in [2.24, 2.45) is 11.8 Å². The third-order valence-electron chi connectivity index (χ3n) is 7.26. The molecule has 1 unspecified atom stereocenters. The Morgan fingerprint density at radius 3 is 2.42 bits per heavy atom. The highest BCUT2D eigenvalue weighted by Crippen LogP contribution is 2.37. The zero-order valence-electron chi connectivity index (χ0n) is 22.6. The van der Waals surface area contributed by atoms with Crippen LogP contribution in [0.4, 0.5) is 18.9 Å². The fraction of sp³-hybridized carbons (Fsp3) is 0.500. The molecule has 0 saturated carbocycles. The molecule has 4 heteroatoms. The Bertz CT molecular complexity index is 1060. The Hall–Kier alpha value is -2.49. The Morgan fingerprint density at radius 1 is 1.03 bits per heavy atom. The standard InChI is InChI=1S/C32H42F3N/c1-6-9-12-24-18-28-16-15-27(21-31(28)36(22-24)17-10-7-2)30(23(4)5)20-25(8-3)26-13-11-14-29(19-26)32(33,34)35/h8,11,13-16,19-21,23-24H,6-7,9-10,12,17-18,22H2,1-5H3/b25-8+,30-20+. The van der Waals surface area contributed by atoms with E-state index in [1.54, 1.807) is 6.07 Å². The van der Waals surface area contributed by atoms with E-state index in [-0.39, 0.29) is 5.92 Å². The molecule has 0 saturated heterocycles. The minimum absolute atomic E-state index is 0.230. The maximum absolute atomic E-state index is 13.3. The van der Waals surface area contributed by atoms with Gasteiger partial charge in [-0.15, -0.1) is 0 Å². The second-order valence-electron chi connectivity index (χ2n) is 10.4. The topological polar surface area (TPSA) is 3.24 Å². The van der Waals surface area contributed by atoms with Gasteiger partial charge in [-0.05, 0) is 84.1 Å². The number of benzene rings is 2. The Morgan fingerprint density at radius 2 is 1.78 bits per heavy atom.